The number of nitrogens with one attached hydrogen (secondary N) is 1. The van der Waals surface area contributed by atoms with Crippen LogP contribution in [0.1, 0.15) is 15.9 Å². The predicted molar refractivity (Wildman–Crippen MR) is 114 cm³/mol. The SMILES string of the molecule is CONC(=O)COc1cccc2c1c1c(C(N)=O)cccc1n2Cc1ccccc1. The largest absolute Gasteiger partial charge is 0.483 e. The number of hydrogen-bond donors (Lipinski definition) is 2. The van der Waals surface area contributed by atoms with E-state index in [4.69, 9.17) is 10.5 Å². The highest BCUT2D eigenvalue weighted by Gasteiger charge is 2.20. The van der Waals surface area contributed by atoms with E-state index in [-0.39, 0.29) is 6.61 Å². The van der Waals surface area contributed by atoms with Gasteiger partial charge in [0.15, 0.2) is 6.61 Å². The van der Waals surface area contributed by atoms with Gasteiger partial charge in [0.1, 0.15) is 5.75 Å². The first-order valence-electron chi connectivity index (χ1n) is 9.42. The molecule has 0 bridgehead atoms. The molecule has 0 saturated heterocycles. The van der Waals surface area contributed by atoms with Crippen molar-refractivity contribution < 1.29 is 19.2 Å². The third kappa shape index (κ3) is 3.58. The van der Waals surface area contributed by atoms with Crippen LogP contribution in [0.3, 0.4) is 0 Å². The molecule has 0 atom stereocenters. The monoisotopic (exact) mass is 403 g/mol. The molecule has 1 aromatic heterocycles. The molecule has 0 aliphatic carbocycles. The Labute approximate surface area is 172 Å². The third-order valence-corrected chi connectivity index (χ3v) is 4.90. The van der Waals surface area contributed by atoms with Gasteiger partial charge in [-0.05, 0) is 29.8 Å². The van der Waals surface area contributed by atoms with Crippen molar-refractivity contribution in [2.45, 2.75) is 6.54 Å². The van der Waals surface area contributed by atoms with Crippen molar-refractivity contribution in [3.05, 3.63) is 77.9 Å². The summed E-state index contributed by atoms with van der Waals surface area (Å²) >= 11 is 0. The highest BCUT2D eigenvalue weighted by atomic mass is 16.6. The molecule has 1 heterocycles. The van der Waals surface area contributed by atoms with Gasteiger partial charge in [0.05, 0.1) is 23.5 Å². The second-order valence-electron chi connectivity index (χ2n) is 6.80. The summed E-state index contributed by atoms with van der Waals surface area (Å²) < 4.78 is 7.90. The molecule has 0 radical (unpaired) electrons. The molecular formula is C23H21N3O4. The minimum atomic E-state index is -0.522. The van der Waals surface area contributed by atoms with Gasteiger partial charge < -0.3 is 15.0 Å². The van der Waals surface area contributed by atoms with Crippen molar-refractivity contribution in [2.75, 3.05) is 13.7 Å². The lowest BCUT2D eigenvalue weighted by Crippen LogP contribution is -2.27. The summed E-state index contributed by atoms with van der Waals surface area (Å²) in [5.41, 5.74) is 11.2. The maximum atomic E-state index is 12.2. The van der Waals surface area contributed by atoms with Gasteiger partial charge in [-0.1, -0.05) is 42.5 Å². The standard InChI is InChI=1S/C23H21N3O4/c1-29-25-20(27)14-30-19-12-6-11-18-22(19)21-16(23(24)28)9-5-10-17(21)26(18)13-15-7-3-2-4-8-15/h2-12H,13-14H2,1H3,(H2,24,28)(H,25,27). The molecule has 3 N–H and O–H groups in total. The number of aromatic nitrogens is 1. The molecule has 0 fully saturated rings. The number of primary amides is 1. The lowest BCUT2D eigenvalue weighted by Gasteiger charge is -2.09. The van der Waals surface area contributed by atoms with Crippen molar-refractivity contribution in [3.63, 3.8) is 0 Å². The Balaban J connectivity index is 1.93. The first-order valence-corrected chi connectivity index (χ1v) is 9.42. The van der Waals surface area contributed by atoms with E-state index in [9.17, 15) is 9.59 Å². The van der Waals surface area contributed by atoms with Crippen molar-refractivity contribution in [2.24, 2.45) is 5.73 Å². The van der Waals surface area contributed by atoms with Crippen LogP contribution in [-0.4, -0.2) is 30.1 Å². The average molecular weight is 403 g/mol. The number of nitrogens with zero attached hydrogens (tertiary/aromatic N) is 1. The van der Waals surface area contributed by atoms with Gasteiger partial charge in [0, 0.05) is 17.5 Å². The molecule has 0 unspecified atom stereocenters. The number of amides is 2. The number of fused-ring (bicyclic) bond motifs is 3. The van der Waals surface area contributed by atoms with Crippen LogP contribution in [0, 0.1) is 0 Å². The summed E-state index contributed by atoms with van der Waals surface area (Å²) in [4.78, 5) is 28.6. The minimum absolute atomic E-state index is 0.225. The van der Waals surface area contributed by atoms with Gasteiger partial charge in [0.2, 0.25) is 5.91 Å². The number of hydroxylamine groups is 1. The maximum absolute atomic E-state index is 12.2. The molecule has 0 saturated carbocycles. The molecule has 0 spiro atoms. The molecule has 152 valence electrons. The van der Waals surface area contributed by atoms with Gasteiger partial charge >= 0.3 is 0 Å². The zero-order valence-electron chi connectivity index (χ0n) is 16.4. The van der Waals surface area contributed by atoms with Crippen LogP contribution in [0.25, 0.3) is 21.8 Å². The maximum Gasteiger partial charge on any atom is 0.281 e. The highest BCUT2D eigenvalue weighted by Crippen LogP contribution is 2.38. The van der Waals surface area contributed by atoms with E-state index in [0.717, 1.165) is 22.0 Å². The summed E-state index contributed by atoms with van der Waals surface area (Å²) in [6.45, 7) is 0.383. The highest BCUT2D eigenvalue weighted by molar-refractivity contribution is 6.19. The summed E-state index contributed by atoms with van der Waals surface area (Å²) in [5.74, 6) is -0.451. The second kappa shape index (κ2) is 8.26. The molecule has 7 nitrogen and oxygen atoms in total. The predicted octanol–water partition coefficient (Wildman–Crippen LogP) is 3.00. The lowest BCUT2D eigenvalue weighted by molar-refractivity contribution is -0.133. The fourth-order valence-electron chi connectivity index (χ4n) is 3.70. The number of nitrogens with two attached hydrogens (primary N) is 1. The molecule has 7 heteroatoms. The number of hydrogen-bond acceptors (Lipinski definition) is 4. The van der Waals surface area contributed by atoms with Gasteiger partial charge in [0.25, 0.3) is 5.91 Å². The van der Waals surface area contributed by atoms with Crippen molar-refractivity contribution >= 4 is 33.6 Å². The average Bonchev–Trinajstić information content (AvgIpc) is 3.07. The smallest absolute Gasteiger partial charge is 0.281 e. The van der Waals surface area contributed by atoms with E-state index in [1.54, 1.807) is 12.1 Å². The Morgan fingerprint density at radius 3 is 2.33 bits per heavy atom. The molecule has 4 aromatic rings. The van der Waals surface area contributed by atoms with Crippen LogP contribution in [0.15, 0.2) is 66.7 Å². The lowest BCUT2D eigenvalue weighted by atomic mass is 10.1. The summed E-state index contributed by atoms with van der Waals surface area (Å²) in [6, 6.07) is 21.1. The minimum Gasteiger partial charge on any atom is -0.483 e. The molecule has 2 amide bonds. The van der Waals surface area contributed by atoms with Crippen molar-refractivity contribution in [1.82, 2.24) is 10.0 Å². The number of benzene rings is 3. The van der Waals surface area contributed by atoms with Crippen LogP contribution in [0.5, 0.6) is 5.75 Å². The fourth-order valence-corrected chi connectivity index (χ4v) is 3.70. The summed E-state index contributed by atoms with van der Waals surface area (Å²) in [5, 5.41) is 1.45. The molecule has 3 aromatic carbocycles. The topological polar surface area (TPSA) is 95.6 Å². The van der Waals surface area contributed by atoms with E-state index in [2.05, 4.69) is 14.9 Å². The first kappa shape index (κ1) is 19.5. The van der Waals surface area contributed by atoms with E-state index in [0.29, 0.717) is 23.2 Å². The zero-order chi connectivity index (χ0) is 21.1. The van der Waals surface area contributed by atoms with E-state index in [1.807, 2.05) is 54.6 Å². The summed E-state index contributed by atoms with van der Waals surface area (Å²) in [7, 11) is 1.36. The second-order valence-corrected chi connectivity index (χ2v) is 6.80. The summed E-state index contributed by atoms with van der Waals surface area (Å²) in [6.07, 6.45) is 0. The quantitative estimate of drug-likeness (QED) is 0.464. The van der Waals surface area contributed by atoms with Gasteiger partial charge in [-0.3, -0.25) is 14.4 Å². The Bertz CT molecular complexity index is 1230. The molecule has 0 aliphatic rings. The number of carbonyl (C=O) groups is 2. The van der Waals surface area contributed by atoms with Crippen LogP contribution >= 0.6 is 0 Å². The third-order valence-electron chi connectivity index (χ3n) is 4.90. The van der Waals surface area contributed by atoms with E-state index >= 15 is 0 Å². The molecule has 0 aliphatic heterocycles. The first-order chi connectivity index (χ1) is 14.6. The van der Waals surface area contributed by atoms with E-state index < -0.39 is 11.8 Å². The normalized spacial score (nSPS) is 11.0. The van der Waals surface area contributed by atoms with Crippen LogP contribution in [0.2, 0.25) is 0 Å². The molecule has 4 rings (SSSR count). The van der Waals surface area contributed by atoms with Crippen LogP contribution in [0.4, 0.5) is 0 Å². The Morgan fingerprint density at radius 1 is 0.933 bits per heavy atom. The van der Waals surface area contributed by atoms with Crippen molar-refractivity contribution in [3.8, 4) is 5.75 Å². The molecule has 30 heavy (non-hydrogen) atoms. The fraction of sp³-hybridized carbons (Fsp3) is 0.130. The van der Waals surface area contributed by atoms with Gasteiger partial charge in [-0.2, -0.15) is 0 Å². The number of carbonyl (C=O) groups excluding carboxylic acids is 2. The van der Waals surface area contributed by atoms with Crippen LogP contribution in [-0.2, 0) is 16.2 Å². The Hall–Kier alpha value is -3.84. The number of rotatable bonds is 7. The Kier molecular flexibility index (Phi) is 5.36. The van der Waals surface area contributed by atoms with Crippen LogP contribution < -0.4 is 16.0 Å². The number of ether oxygens (including phenoxy) is 1. The Morgan fingerprint density at radius 2 is 1.63 bits per heavy atom. The van der Waals surface area contributed by atoms with Gasteiger partial charge in [-0.25, -0.2) is 5.48 Å². The van der Waals surface area contributed by atoms with Crippen molar-refractivity contribution in [1.29, 1.82) is 0 Å². The molecular weight excluding hydrogens is 382 g/mol. The zero-order valence-corrected chi connectivity index (χ0v) is 16.4. The van der Waals surface area contributed by atoms with E-state index in [1.165, 1.54) is 7.11 Å². The van der Waals surface area contributed by atoms with Gasteiger partial charge in [-0.15, -0.1) is 0 Å².